The van der Waals surface area contributed by atoms with E-state index in [1.54, 1.807) is 49.6 Å². The topological polar surface area (TPSA) is 73.9 Å². The van der Waals surface area contributed by atoms with Crippen LogP contribution in [-0.4, -0.2) is 32.5 Å². The van der Waals surface area contributed by atoms with E-state index in [1.807, 2.05) is 6.07 Å². The molecule has 0 fully saturated rings. The van der Waals surface area contributed by atoms with Crippen LogP contribution in [0, 0.1) is 0 Å². The molecule has 25 heavy (non-hydrogen) atoms. The van der Waals surface area contributed by atoms with Gasteiger partial charge in [-0.1, -0.05) is 18.2 Å². The number of benzene rings is 2. The SMILES string of the molecule is COc1ccc(C(=O)CCCNOC(=O)c2ccccc2)cc1OC. The van der Waals surface area contributed by atoms with Gasteiger partial charge in [0.25, 0.3) is 0 Å². The van der Waals surface area contributed by atoms with Crippen molar-refractivity contribution in [2.45, 2.75) is 12.8 Å². The normalized spacial score (nSPS) is 10.2. The minimum atomic E-state index is -0.452. The molecule has 0 aliphatic rings. The van der Waals surface area contributed by atoms with Gasteiger partial charge in [0.05, 0.1) is 19.8 Å². The summed E-state index contributed by atoms with van der Waals surface area (Å²) in [6.45, 7) is 0.387. The quantitative estimate of drug-likeness (QED) is 0.429. The maximum atomic E-state index is 12.2. The third kappa shape index (κ3) is 5.32. The van der Waals surface area contributed by atoms with Gasteiger partial charge in [0.2, 0.25) is 0 Å². The molecule has 0 aromatic heterocycles. The van der Waals surface area contributed by atoms with Gasteiger partial charge in [0, 0.05) is 18.5 Å². The fourth-order valence-corrected chi connectivity index (χ4v) is 2.22. The molecule has 132 valence electrons. The Hall–Kier alpha value is -2.86. The summed E-state index contributed by atoms with van der Waals surface area (Å²) in [7, 11) is 3.07. The van der Waals surface area contributed by atoms with Crippen molar-refractivity contribution in [1.82, 2.24) is 5.48 Å². The summed E-state index contributed by atoms with van der Waals surface area (Å²) in [5, 5.41) is 0. The molecule has 2 aromatic carbocycles. The molecule has 0 aliphatic heterocycles. The average Bonchev–Trinajstić information content (AvgIpc) is 2.67. The molecule has 0 heterocycles. The van der Waals surface area contributed by atoms with Crippen LogP contribution in [0.2, 0.25) is 0 Å². The van der Waals surface area contributed by atoms with Gasteiger partial charge in [-0.25, -0.2) is 4.79 Å². The molecule has 0 amide bonds. The first-order valence-corrected chi connectivity index (χ1v) is 7.90. The fourth-order valence-electron chi connectivity index (χ4n) is 2.22. The Morgan fingerprint density at radius 2 is 1.64 bits per heavy atom. The van der Waals surface area contributed by atoms with Crippen LogP contribution in [-0.2, 0) is 4.84 Å². The number of carbonyl (C=O) groups is 2. The third-order valence-electron chi connectivity index (χ3n) is 3.56. The Bertz CT molecular complexity index is 715. The average molecular weight is 343 g/mol. The van der Waals surface area contributed by atoms with E-state index in [-0.39, 0.29) is 5.78 Å². The van der Waals surface area contributed by atoms with E-state index in [2.05, 4.69) is 5.48 Å². The van der Waals surface area contributed by atoms with Crippen molar-refractivity contribution in [2.24, 2.45) is 0 Å². The highest BCUT2D eigenvalue weighted by Gasteiger charge is 2.11. The number of hydrogen-bond acceptors (Lipinski definition) is 6. The van der Waals surface area contributed by atoms with Crippen molar-refractivity contribution in [3.8, 4) is 11.5 Å². The number of ether oxygens (including phenoxy) is 2. The maximum absolute atomic E-state index is 12.2. The Labute approximate surface area is 146 Å². The van der Waals surface area contributed by atoms with Crippen LogP contribution < -0.4 is 15.0 Å². The second kappa shape index (κ2) is 9.44. The summed E-state index contributed by atoms with van der Waals surface area (Å²) < 4.78 is 10.3. The number of hydrogen-bond donors (Lipinski definition) is 1. The molecule has 6 nitrogen and oxygen atoms in total. The van der Waals surface area contributed by atoms with E-state index >= 15 is 0 Å². The number of rotatable bonds is 9. The van der Waals surface area contributed by atoms with Gasteiger partial charge in [-0.15, -0.1) is 0 Å². The Balaban J connectivity index is 1.74. The van der Waals surface area contributed by atoms with Gasteiger partial charge in [0.15, 0.2) is 17.3 Å². The lowest BCUT2D eigenvalue weighted by Gasteiger charge is -2.09. The monoisotopic (exact) mass is 343 g/mol. The van der Waals surface area contributed by atoms with Crippen molar-refractivity contribution in [3.63, 3.8) is 0 Å². The highest BCUT2D eigenvalue weighted by Crippen LogP contribution is 2.28. The Morgan fingerprint density at radius 3 is 2.32 bits per heavy atom. The van der Waals surface area contributed by atoms with Crippen LogP contribution in [0.4, 0.5) is 0 Å². The van der Waals surface area contributed by atoms with Crippen LogP contribution in [0.1, 0.15) is 33.6 Å². The standard InChI is InChI=1S/C19H21NO5/c1-23-17-11-10-15(13-18(17)24-2)16(21)9-6-12-20-25-19(22)14-7-4-3-5-8-14/h3-5,7-8,10-11,13,20H,6,9,12H2,1-2H3. The number of ketones is 1. The van der Waals surface area contributed by atoms with Crippen LogP contribution in [0.25, 0.3) is 0 Å². The molecule has 0 spiro atoms. The van der Waals surface area contributed by atoms with E-state index in [9.17, 15) is 9.59 Å². The first-order valence-electron chi connectivity index (χ1n) is 7.90. The zero-order valence-corrected chi connectivity index (χ0v) is 14.3. The smallest absolute Gasteiger partial charge is 0.356 e. The minimum absolute atomic E-state index is 0.0165. The molecule has 0 aliphatic carbocycles. The summed E-state index contributed by atoms with van der Waals surface area (Å²) in [6, 6.07) is 13.7. The number of hydroxylamine groups is 1. The van der Waals surface area contributed by atoms with Gasteiger partial charge in [0.1, 0.15) is 0 Å². The molecule has 0 saturated carbocycles. The van der Waals surface area contributed by atoms with E-state index in [0.717, 1.165) is 0 Å². The highest BCUT2D eigenvalue weighted by molar-refractivity contribution is 5.96. The maximum Gasteiger partial charge on any atom is 0.356 e. The molecule has 0 bridgehead atoms. The van der Waals surface area contributed by atoms with Crippen molar-refractivity contribution in [3.05, 3.63) is 59.7 Å². The first-order chi connectivity index (χ1) is 12.2. The lowest BCUT2D eigenvalue weighted by atomic mass is 10.1. The summed E-state index contributed by atoms with van der Waals surface area (Å²) in [4.78, 5) is 28.9. The van der Waals surface area contributed by atoms with Crippen LogP contribution in [0.5, 0.6) is 11.5 Å². The van der Waals surface area contributed by atoms with Crippen molar-refractivity contribution in [1.29, 1.82) is 0 Å². The fraction of sp³-hybridized carbons (Fsp3) is 0.263. The zero-order valence-electron chi connectivity index (χ0n) is 14.3. The van der Waals surface area contributed by atoms with Crippen molar-refractivity contribution in [2.75, 3.05) is 20.8 Å². The lowest BCUT2D eigenvalue weighted by Crippen LogP contribution is -2.21. The molecule has 0 saturated heterocycles. The summed E-state index contributed by atoms with van der Waals surface area (Å²) in [5.74, 6) is 0.626. The van der Waals surface area contributed by atoms with Gasteiger partial charge >= 0.3 is 5.97 Å². The Kier molecular flexibility index (Phi) is 6.98. The van der Waals surface area contributed by atoms with E-state index in [1.165, 1.54) is 7.11 Å². The van der Waals surface area contributed by atoms with Crippen molar-refractivity contribution >= 4 is 11.8 Å². The van der Waals surface area contributed by atoms with Crippen LogP contribution in [0.15, 0.2) is 48.5 Å². The molecule has 0 atom stereocenters. The van der Waals surface area contributed by atoms with Gasteiger partial charge < -0.3 is 14.3 Å². The van der Waals surface area contributed by atoms with Gasteiger partial charge in [-0.3, -0.25) is 4.79 Å². The number of nitrogens with one attached hydrogen (secondary N) is 1. The molecule has 2 aromatic rings. The lowest BCUT2D eigenvalue weighted by molar-refractivity contribution is 0.0252. The van der Waals surface area contributed by atoms with Crippen molar-refractivity contribution < 1.29 is 23.9 Å². The van der Waals surface area contributed by atoms with Crippen LogP contribution >= 0.6 is 0 Å². The molecular formula is C19H21NO5. The molecule has 0 radical (unpaired) electrons. The minimum Gasteiger partial charge on any atom is -0.493 e. The van der Waals surface area contributed by atoms with E-state index < -0.39 is 5.97 Å². The van der Waals surface area contributed by atoms with Crippen LogP contribution in [0.3, 0.4) is 0 Å². The highest BCUT2D eigenvalue weighted by atomic mass is 16.7. The molecular weight excluding hydrogens is 322 g/mol. The summed E-state index contributed by atoms with van der Waals surface area (Å²) >= 11 is 0. The van der Waals surface area contributed by atoms with E-state index in [0.29, 0.717) is 42.0 Å². The second-order valence-corrected chi connectivity index (χ2v) is 5.25. The number of methoxy groups -OCH3 is 2. The third-order valence-corrected chi connectivity index (χ3v) is 3.56. The van der Waals surface area contributed by atoms with E-state index in [4.69, 9.17) is 14.3 Å². The second-order valence-electron chi connectivity index (χ2n) is 5.25. The summed E-state index contributed by atoms with van der Waals surface area (Å²) in [6.07, 6.45) is 0.862. The first kappa shape index (κ1) is 18.5. The van der Waals surface area contributed by atoms with Gasteiger partial charge in [-0.2, -0.15) is 5.48 Å². The molecule has 0 unspecified atom stereocenters. The van der Waals surface area contributed by atoms with Gasteiger partial charge in [-0.05, 0) is 36.8 Å². The summed E-state index contributed by atoms with van der Waals surface area (Å²) in [5.41, 5.74) is 3.61. The Morgan fingerprint density at radius 1 is 0.920 bits per heavy atom. The molecule has 1 N–H and O–H groups in total. The predicted molar refractivity (Wildman–Crippen MR) is 93.0 cm³/mol. The molecule has 6 heteroatoms. The largest absolute Gasteiger partial charge is 0.493 e. The number of Topliss-reactive ketones (excluding diaryl/α,β-unsaturated/α-hetero) is 1. The number of carbonyl (C=O) groups excluding carboxylic acids is 2. The predicted octanol–water partition coefficient (Wildman–Crippen LogP) is 3.03. The zero-order chi connectivity index (χ0) is 18.1. The molecule has 2 rings (SSSR count).